The molecule has 0 saturated carbocycles. The zero-order chi connectivity index (χ0) is 22.1. The topological polar surface area (TPSA) is 61.9 Å². The van der Waals surface area contributed by atoms with Crippen LogP contribution in [0.25, 0.3) is 5.69 Å². The molecule has 0 aliphatic rings. The number of hydrogen-bond acceptors (Lipinski definition) is 4. The van der Waals surface area contributed by atoms with Crippen LogP contribution in [0.5, 0.6) is 11.5 Å². The maximum atomic E-state index is 13.9. The number of ether oxygens (including phenoxy) is 1. The van der Waals surface area contributed by atoms with E-state index in [0.29, 0.717) is 17.2 Å². The van der Waals surface area contributed by atoms with Gasteiger partial charge in [-0.05, 0) is 37.3 Å². The van der Waals surface area contributed by atoms with E-state index in [2.05, 4.69) is 10.1 Å². The Morgan fingerprint density at radius 1 is 1.06 bits per heavy atom. The molecule has 4 rings (SSSR count). The minimum absolute atomic E-state index is 0.225. The molecule has 10 heteroatoms. The highest BCUT2D eigenvalue weighted by Crippen LogP contribution is 2.33. The van der Waals surface area contributed by atoms with Crippen molar-refractivity contribution in [1.82, 2.24) is 19.3 Å². The number of halogens is 4. The zero-order valence-corrected chi connectivity index (χ0v) is 17.5. The largest absolute Gasteiger partial charge is 0.455 e. The first-order valence-electron chi connectivity index (χ1n) is 9.01. The molecule has 2 aromatic heterocycles. The SMILES string of the molecule is Cc1cnc(Cl)cc1Oc1ccc(-n2ncn(Cc3c(F)cccc3F)c2=O)cc1Cl. The Morgan fingerprint density at radius 2 is 1.81 bits per heavy atom. The summed E-state index contributed by atoms with van der Waals surface area (Å²) in [5.74, 6) is -0.647. The minimum atomic E-state index is -0.740. The molecule has 0 fully saturated rings. The van der Waals surface area contributed by atoms with Gasteiger partial charge in [0.25, 0.3) is 0 Å². The summed E-state index contributed by atoms with van der Waals surface area (Å²) in [6, 6.07) is 9.74. The van der Waals surface area contributed by atoms with Crippen molar-refractivity contribution >= 4 is 23.2 Å². The lowest BCUT2D eigenvalue weighted by atomic mass is 10.2. The van der Waals surface area contributed by atoms with Gasteiger partial charge in [0, 0.05) is 23.4 Å². The van der Waals surface area contributed by atoms with Crippen molar-refractivity contribution in [2.75, 3.05) is 0 Å². The zero-order valence-electron chi connectivity index (χ0n) is 16.0. The molecule has 0 radical (unpaired) electrons. The Morgan fingerprint density at radius 3 is 2.52 bits per heavy atom. The second-order valence-electron chi connectivity index (χ2n) is 6.64. The van der Waals surface area contributed by atoms with Crippen LogP contribution in [0, 0.1) is 18.6 Å². The van der Waals surface area contributed by atoms with Gasteiger partial charge in [-0.3, -0.25) is 4.57 Å². The van der Waals surface area contributed by atoms with Gasteiger partial charge in [-0.2, -0.15) is 9.78 Å². The maximum absolute atomic E-state index is 13.9. The van der Waals surface area contributed by atoms with E-state index in [0.717, 1.165) is 26.9 Å². The Balaban J connectivity index is 1.62. The summed E-state index contributed by atoms with van der Waals surface area (Å²) < 4.78 is 35.8. The standard InChI is InChI=1S/C21H14Cl2F2N4O2/c1-12-9-26-20(23)8-19(12)31-18-6-5-13(7-15(18)22)29-21(30)28(11-27-29)10-14-16(24)3-2-4-17(14)25/h2-9,11H,10H2,1H3. The number of aryl methyl sites for hydroxylation is 1. The Kier molecular flexibility index (Phi) is 5.75. The number of aromatic nitrogens is 4. The molecule has 0 spiro atoms. The van der Waals surface area contributed by atoms with E-state index in [1.54, 1.807) is 24.4 Å². The van der Waals surface area contributed by atoms with Gasteiger partial charge < -0.3 is 4.74 Å². The molecule has 4 aromatic rings. The third-order valence-electron chi connectivity index (χ3n) is 4.52. The molecule has 0 unspecified atom stereocenters. The summed E-state index contributed by atoms with van der Waals surface area (Å²) in [6.45, 7) is 1.51. The lowest BCUT2D eigenvalue weighted by Gasteiger charge is -2.11. The smallest absolute Gasteiger partial charge is 0.350 e. The van der Waals surface area contributed by atoms with Crippen molar-refractivity contribution in [3.8, 4) is 17.2 Å². The summed E-state index contributed by atoms with van der Waals surface area (Å²) in [6.07, 6.45) is 2.78. The number of benzene rings is 2. The quantitative estimate of drug-likeness (QED) is 0.384. The molecule has 31 heavy (non-hydrogen) atoms. The maximum Gasteiger partial charge on any atom is 0.350 e. The fourth-order valence-corrected chi connectivity index (χ4v) is 3.25. The van der Waals surface area contributed by atoms with Crippen LogP contribution >= 0.6 is 23.2 Å². The lowest BCUT2D eigenvalue weighted by Crippen LogP contribution is -2.24. The number of hydrogen-bond donors (Lipinski definition) is 0. The van der Waals surface area contributed by atoms with Crippen LogP contribution < -0.4 is 10.4 Å². The molecule has 0 atom stereocenters. The molecule has 0 bridgehead atoms. The van der Waals surface area contributed by atoms with E-state index in [-0.39, 0.29) is 22.3 Å². The molecule has 158 valence electrons. The second kappa shape index (κ2) is 8.49. The van der Waals surface area contributed by atoms with E-state index >= 15 is 0 Å². The Hall–Kier alpha value is -3.23. The Bertz CT molecular complexity index is 1320. The van der Waals surface area contributed by atoms with Crippen molar-refractivity contribution in [2.24, 2.45) is 0 Å². The first-order chi connectivity index (χ1) is 14.8. The molecule has 0 N–H and O–H groups in total. The first kappa shape index (κ1) is 21.0. The highest BCUT2D eigenvalue weighted by atomic mass is 35.5. The fraction of sp³-hybridized carbons (Fsp3) is 0.0952. The minimum Gasteiger partial charge on any atom is -0.455 e. The van der Waals surface area contributed by atoms with Gasteiger partial charge in [0.15, 0.2) is 0 Å². The lowest BCUT2D eigenvalue weighted by molar-refractivity contribution is 0.478. The molecule has 2 heterocycles. The van der Waals surface area contributed by atoms with E-state index in [4.69, 9.17) is 27.9 Å². The molecular weight excluding hydrogens is 449 g/mol. The highest BCUT2D eigenvalue weighted by molar-refractivity contribution is 6.32. The molecule has 0 aliphatic heterocycles. The van der Waals surface area contributed by atoms with Crippen LogP contribution in [0.1, 0.15) is 11.1 Å². The number of nitrogens with zero attached hydrogens (tertiary/aromatic N) is 4. The summed E-state index contributed by atoms with van der Waals surface area (Å²) in [4.78, 5) is 16.7. The monoisotopic (exact) mass is 462 g/mol. The highest BCUT2D eigenvalue weighted by Gasteiger charge is 2.15. The van der Waals surface area contributed by atoms with Crippen molar-refractivity contribution < 1.29 is 13.5 Å². The summed E-state index contributed by atoms with van der Waals surface area (Å²) in [7, 11) is 0. The molecular formula is C21H14Cl2F2N4O2. The fourth-order valence-electron chi connectivity index (χ4n) is 2.89. The van der Waals surface area contributed by atoms with E-state index in [9.17, 15) is 13.6 Å². The number of pyridine rings is 1. The predicted octanol–water partition coefficient (Wildman–Crippen LogP) is 5.16. The molecule has 0 amide bonds. The van der Waals surface area contributed by atoms with Gasteiger partial charge in [-0.1, -0.05) is 29.3 Å². The van der Waals surface area contributed by atoms with Gasteiger partial charge in [0.05, 0.1) is 17.3 Å². The third kappa shape index (κ3) is 4.30. The van der Waals surface area contributed by atoms with Gasteiger partial charge in [0.1, 0.15) is 34.6 Å². The molecule has 2 aromatic carbocycles. The summed E-state index contributed by atoms with van der Waals surface area (Å²) in [5, 5.41) is 4.52. The average molecular weight is 463 g/mol. The summed E-state index contributed by atoms with van der Waals surface area (Å²) >= 11 is 12.2. The van der Waals surface area contributed by atoms with Crippen LogP contribution in [0.2, 0.25) is 10.2 Å². The van der Waals surface area contributed by atoms with Crippen LogP contribution in [-0.4, -0.2) is 19.3 Å². The van der Waals surface area contributed by atoms with Gasteiger partial charge in [0.2, 0.25) is 0 Å². The van der Waals surface area contributed by atoms with Crippen LogP contribution in [0.3, 0.4) is 0 Å². The van der Waals surface area contributed by atoms with Crippen molar-refractivity contribution in [3.05, 3.63) is 98.4 Å². The van der Waals surface area contributed by atoms with E-state index < -0.39 is 17.3 Å². The number of rotatable bonds is 5. The van der Waals surface area contributed by atoms with Gasteiger partial charge >= 0.3 is 5.69 Å². The van der Waals surface area contributed by atoms with Crippen molar-refractivity contribution in [2.45, 2.75) is 13.5 Å². The normalized spacial score (nSPS) is 11.0. The van der Waals surface area contributed by atoms with Gasteiger partial charge in [-0.25, -0.2) is 18.6 Å². The van der Waals surface area contributed by atoms with Crippen LogP contribution in [-0.2, 0) is 6.54 Å². The van der Waals surface area contributed by atoms with Crippen molar-refractivity contribution in [3.63, 3.8) is 0 Å². The van der Waals surface area contributed by atoms with Crippen LogP contribution in [0.15, 0.2) is 59.8 Å². The van der Waals surface area contributed by atoms with E-state index in [1.807, 2.05) is 6.92 Å². The van der Waals surface area contributed by atoms with Crippen LogP contribution in [0.4, 0.5) is 8.78 Å². The molecule has 6 nitrogen and oxygen atoms in total. The molecule has 0 saturated heterocycles. The van der Waals surface area contributed by atoms with E-state index in [1.165, 1.54) is 18.5 Å². The second-order valence-corrected chi connectivity index (χ2v) is 7.44. The molecule has 0 aliphatic carbocycles. The third-order valence-corrected chi connectivity index (χ3v) is 5.03. The summed E-state index contributed by atoms with van der Waals surface area (Å²) in [5.41, 5.74) is 0.320. The Labute approximate surface area is 185 Å². The average Bonchev–Trinajstić information content (AvgIpc) is 3.09. The van der Waals surface area contributed by atoms with Gasteiger partial charge in [-0.15, -0.1) is 0 Å². The van der Waals surface area contributed by atoms with Crippen molar-refractivity contribution in [1.29, 1.82) is 0 Å². The predicted molar refractivity (Wildman–Crippen MR) is 112 cm³/mol. The first-order valence-corrected chi connectivity index (χ1v) is 9.76.